The van der Waals surface area contributed by atoms with E-state index < -0.39 is 0 Å². The lowest BCUT2D eigenvalue weighted by Crippen LogP contribution is -2.47. The van der Waals surface area contributed by atoms with Crippen LogP contribution in [0.15, 0.2) is 0 Å². The van der Waals surface area contributed by atoms with Crippen molar-refractivity contribution in [3.63, 3.8) is 0 Å². The largest absolute Gasteiger partial charge is 0.377 e. The summed E-state index contributed by atoms with van der Waals surface area (Å²) in [5.74, 6) is 1.62. The Morgan fingerprint density at radius 2 is 2.05 bits per heavy atom. The monoisotopic (exact) mass is 282 g/mol. The molecule has 1 heterocycles. The zero-order chi connectivity index (χ0) is 14.4. The molecule has 0 aromatic heterocycles. The van der Waals surface area contributed by atoms with Crippen molar-refractivity contribution >= 4 is 0 Å². The van der Waals surface area contributed by atoms with Crippen LogP contribution in [0.5, 0.6) is 0 Å². The Bertz CT molecular complexity index is 272. The van der Waals surface area contributed by atoms with Crippen molar-refractivity contribution in [3.8, 4) is 0 Å². The molecule has 0 spiro atoms. The van der Waals surface area contributed by atoms with Crippen LogP contribution in [0.1, 0.15) is 58.8 Å². The van der Waals surface area contributed by atoms with Crippen molar-refractivity contribution in [2.75, 3.05) is 26.2 Å². The summed E-state index contributed by atoms with van der Waals surface area (Å²) in [6, 6.07) is 0.426. The molecule has 20 heavy (non-hydrogen) atoms. The molecule has 1 aliphatic heterocycles. The highest BCUT2D eigenvalue weighted by atomic mass is 16.5. The van der Waals surface area contributed by atoms with Gasteiger partial charge in [-0.1, -0.05) is 20.3 Å². The maximum Gasteiger partial charge on any atom is 0.0702 e. The lowest BCUT2D eigenvalue weighted by Gasteiger charge is -2.39. The molecule has 4 unspecified atom stereocenters. The SMILES string of the molecule is CCCOC1CCCN(CC2CC(CC)CCC2N)C1. The lowest BCUT2D eigenvalue weighted by atomic mass is 9.77. The van der Waals surface area contributed by atoms with Gasteiger partial charge in [-0.15, -0.1) is 0 Å². The highest BCUT2D eigenvalue weighted by Crippen LogP contribution is 2.31. The summed E-state index contributed by atoms with van der Waals surface area (Å²) in [6.45, 7) is 9.00. The Morgan fingerprint density at radius 3 is 2.80 bits per heavy atom. The van der Waals surface area contributed by atoms with Crippen LogP contribution >= 0.6 is 0 Å². The molecule has 0 amide bonds. The van der Waals surface area contributed by atoms with Crippen LogP contribution in [0.2, 0.25) is 0 Å². The van der Waals surface area contributed by atoms with Crippen LogP contribution in [-0.4, -0.2) is 43.3 Å². The Labute approximate surface area is 125 Å². The van der Waals surface area contributed by atoms with E-state index in [4.69, 9.17) is 10.5 Å². The summed E-state index contributed by atoms with van der Waals surface area (Å²) in [4.78, 5) is 2.62. The third-order valence-corrected chi connectivity index (χ3v) is 5.24. The first-order chi connectivity index (χ1) is 9.72. The van der Waals surface area contributed by atoms with E-state index in [1.807, 2.05) is 0 Å². The van der Waals surface area contributed by atoms with Crippen LogP contribution in [0, 0.1) is 11.8 Å². The highest BCUT2D eigenvalue weighted by molar-refractivity contribution is 4.85. The predicted octanol–water partition coefficient (Wildman–Crippen LogP) is 3.03. The topological polar surface area (TPSA) is 38.5 Å². The van der Waals surface area contributed by atoms with E-state index in [0.29, 0.717) is 18.1 Å². The Morgan fingerprint density at radius 1 is 1.20 bits per heavy atom. The van der Waals surface area contributed by atoms with Crippen molar-refractivity contribution in [3.05, 3.63) is 0 Å². The van der Waals surface area contributed by atoms with Gasteiger partial charge >= 0.3 is 0 Å². The average molecular weight is 282 g/mol. The van der Waals surface area contributed by atoms with Gasteiger partial charge in [0.05, 0.1) is 6.10 Å². The lowest BCUT2D eigenvalue weighted by molar-refractivity contribution is -0.00742. The van der Waals surface area contributed by atoms with Gasteiger partial charge in [0.2, 0.25) is 0 Å². The van der Waals surface area contributed by atoms with Gasteiger partial charge in [-0.2, -0.15) is 0 Å². The maximum atomic E-state index is 6.37. The molecule has 118 valence electrons. The van der Waals surface area contributed by atoms with Crippen LogP contribution < -0.4 is 5.73 Å². The second-order valence-electron chi connectivity index (χ2n) is 6.91. The van der Waals surface area contributed by atoms with Crippen molar-refractivity contribution in [2.24, 2.45) is 17.6 Å². The molecule has 0 radical (unpaired) electrons. The summed E-state index contributed by atoms with van der Waals surface area (Å²) < 4.78 is 5.95. The molecule has 1 saturated carbocycles. The number of ether oxygens (including phenoxy) is 1. The minimum absolute atomic E-state index is 0.426. The van der Waals surface area contributed by atoms with Gasteiger partial charge in [0.15, 0.2) is 0 Å². The smallest absolute Gasteiger partial charge is 0.0702 e. The Balaban J connectivity index is 1.78. The van der Waals surface area contributed by atoms with E-state index in [1.165, 1.54) is 51.6 Å². The molecular formula is C17H34N2O. The van der Waals surface area contributed by atoms with Gasteiger partial charge in [-0.25, -0.2) is 0 Å². The van der Waals surface area contributed by atoms with Gasteiger partial charge in [0.25, 0.3) is 0 Å². The molecule has 0 aromatic carbocycles. The number of likely N-dealkylation sites (tertiary alicyclic amines) is 1. The molecule has 0 bridgehead atoms. The molecule has 2 N–H and O–H groups in total. The van der Waals surface area contributed by atoms with Crippen LogP contribution in [0.25, 0.3) is 0 Å². The van der Waals surface area contributed by atoms with E-state index in [0.717, 1.165) is 25.5 Å². The minimum Gasteiger partial charge on any atom is -0.377 e. The van der Waals surface area contributed by atoms with Crippen LogP contribution in [0.4, 0.5) is 0 Å². The molecule has 1 aliphatic carbocycles. The zero-order valence-corrected chi connectivity index (χ0v) is 13.5. The number of piperidine rings is 1. The average Bonchev–Trinajstić information content (AvgIpc) is 2.48. The van der Waals surface area contributed by atoms with Crippen molar-refractivity contribution in [2.45, 2.75) is 70.9 Å². The van der Waals surface area contributed by atoms with E-state index in [9.17, 15) is 0 Å². The van der Waals surface area contributed by atoms with E-state index in [2.05, 4.69) is 18.7 Å². The van der Waals surface area contributed by atoms with Gasteiger partial charge in [0.1, 0.15) is 0 Å². The second-order valence-corrected chi connectivity index (χ2v) is 6.91. The fraction of sp³-hybridized carbons (Fsp3) is 1.00. The maximum absolute atomic E-state index is 6.37. The first-order valence-corrected chi connectivity index (χ1v) is 8.82. The summed E-state index contributed by atoms with van der Waals surface area (Å²) in [5, 5.41) is 0. The third-order valence-electron chi connectivity index (χ3n) is 5.24. The molecule has 2 aliphatic rings. The number of rotatable bonds is 6. The number of hydrogen-bond donors (Lipinski definition) is 1. The standard InChI is InChI=1S/C17H34N2O/c1-3-10-20-16-6-5-9-19(13-16)12-15-11-14(4-2)7-8-17(15)18/h14-17H,3-13,18H2,1-2H3. The molecule has 1 saturated heterocycles. The first kappa shape index (κ1) is 16.3. The summed E-state index contributed by atoms with van der Waals surface area (Å²) >= 11 is 0. The molecule has 3 nitrogen and oxygen atoms in total. The molecule has 4 atom stereocenters. The van der Waals surface area contributed by atoms with Crippen LogP contribution in [0.3, 0.4) is 0 Å². The van der Waals surface area contributed by atoms with Gasteiger partial charge < -0.3 is 15.4 Å². The summed E-state index contributed by atoms with van der Waals surface area (Å²) in [5.41, 5.74) is 6.37. The van der Waals surface area contributed by atoms with E-state index >= 15 is 0 Å². The zero-order valence-electron chi connectivity index (χ0n) is 13.5. The van der Waals surface area contributed by atoms with Gasteiger partial charge in [-0.05, 0) is 56.9 Å². The normalized spacial score (nSPS) is 36.1. The Hall–Kier alpha value is -0.120. The number of nitrogens with two attached hydrogens (primary N) is 1. The van der Waals surface area contributed by atoms with Gasteiger partial charge in [0, 0.05) is 25.7 Å². The number of nitrogens with zero attached hydrogens (tertiary/aromatic N) is 1. The first-order valence-electron chi connectivity index (χ1n) is 8.82. The van der Waals surface area contributed by atoms with E-state index in [-0.39, 0.29) is 0 Å². The van der Waals surface area contributed by atoms with Crippen LogP contribution in [-0.2, 0) is 4.74 Å². The van der Waals surface area contributed by atoms with Gasteiger partial charge in [-0.3, -0.25) is 0 Å². The van der Waals surface area contributed by atoms with Crippen molar-refractivity contribution in [1.82, 2.24) is 4.90 Å². The quantitative estimate of drug-likeness (QED) is 0.814. The minimum atomic E-state index is 0.426. The Kier molecular flexibility index (Phi) is 6.79. The van der Waals surface area contributed by atoms with E-state index in [1.54, 1.807) is 0 Å². The molecule has 2 rings (SSSR count). The molecule has 3 heteroatoms. The third kappa shape index (κ3) is 4.71. The van der Waals surface area contributed by atoms with Crippen molar-refractivity contribution in [1.29, 1.82) is 0 Å². The fourth-order valence-corrected chi connectivity index (χ4v) is 3.90. The number of hydrogen-bond acceptors (Lipinski definition) is 3. The predicted molar refractivity (Wildman–Crippen MR) is 84.8 cm³/mol. The molecule has 2 fully saturated rings. The fourth-order valence-electron chi connectivity index (χ4n) is 3.90. The van der Waals surface area contributed by atoms with Crippen molar-refractivity contribution < 1.29 is 4.74 Å². The summed E-state index contributed by atoms with van der Waals surface area (Å²) in [6.07, 6.45) is 9.36. The second kappa shape index (κ2) is 8.35. The molecular weight excluding hydrogens is 248 g/mol. The summed E-state index contributed by atoms with van der Waals surface area (Å²) in [7, 11) is 0. The highest BCUT2D eigenvalue weighted by Gasteiger charge is 2.30. The molecule has 0 aromatic rings.